The highest BCUT2D eigenvalue weighted by Crippen LogP contribution is 2.12. The van der Waals surface area contributed by atoms with Crippen molar-refractivity contribution in [1.82, 2.24) is 14.9 Å². The van der Waals surface area contributed by atoms with Crippen LogP contribution in [0.2, 0.25) is 0 Å². The van der Waals surface area contributed by atoms with E-state index in [1.54, 1.807) is 6.20 Å². The number of amides is 1. The number of nitrogens with zero attached hydrogens (tertiary/aromatic N) is 2. The Labute approximate surface area is 103 Å². The normalized spacial score (nSPS) is 11.9. The van der Waals surface area contributed by atoms with E-state index in [4.69, 9.17) is 0 Å². The highest BCUT2D eigenvalue weighted by atomic mass is 16.2. The average molecular weight is 237 g/mol. The Bertz CT molecular complexity index is 380. The van der Waals surface area contributed by atoms with Gasteiger partial charge >= 0.3 is 0 Å². The number of carbonyl (C=O) groups is 1. The molecule has 0 atom stereocenters. The van der Waals surface area contributed by atoms with E-state index in [0.29, 0.717) is 12.5 Å². The standard InChI is InChI=1S/C13H23N3O/c1-6-13(4,5)15-11(17)9-16-8-7-14-12(16)10(2)3/h7-8,10H,6,9H2,1-5H3,(H,15,17). The Morgan fingerprint density at radius 3 is 2.71 bits per heavy atom. The zero-order chi connectivity index (χ0) is 13.1. The molecule has 1 aromatic heterocycles. The first kappa shape index (κ1) is 13.7. The van der Waals surface area contributed by atoms with E-state index in [1.165, 1.54) is 0 Å². The number of rotatable bonds is 5. The van der Waals surface area contributed by atoms with Crippen LogP contribution >= 0.6 is 0 Å². The Kier molecular flexibility index (Phi) is 4.32. The van der Waals surface area contributed by atoms with Gasteiger partial charge in [0.15, 0.2) is 0 Å². The lowest BCUT2D eigenvalue weighted by Crippen LogP contribution is -2.44. The fourth-order valence-corrected chi connectivity index (χ4v) is 1.62. The summed E-state index contributed by atoms with van der Waals surface area (Å²) in [5.41, 5.74) is -0.143. The fourth-order valence-electron chi connectivity index (χ4n) is 1.62. The van der Waals surface area contributed by atoms with Crippen LogP contribution in [-0.4, -0.2) is 21.0 Å². The van der Waals surface area contributed by atoms with E-state index >= 15 is 0 Å². The molecule has 96 valence electrons. The van der Waals surface area contributed by atoms with Gasteiger partial charge in [-0.1, -0.05) is 20.8 Å². The molecule has 0 bridgehead atoms. The molecule has 0 spiro atoms. The molecule has 0 fully saturated rings. The van der Waals surface area contributed by atoms with Gasteiger partial charge in [-0.3, -0.25) is 4.79 Å². The Hall–Kier alpha value is -1.32. The topological polar surface area (TPSA) is 46.9 Å². The molecule has 17 heavy (non-hydrogen) atoms. The first-order valence-electron chi connectivity index (χ1n) is 6.17. The van der Waals surface area contributed by atoms with Crippen molar-refractivity contribution in [1.29, 1.82) is 0 Å². The smallest absolute Gasteiger partial charge is 0.240 e. The van der Waals surface area contributed by atoms with Gasteiger partial charge in [0.25, 0.3) is 0 Å². The predicted octanol–water partition coefficient (Wildman–Crippen LogP) is 2.31. The Morgan fingerprint density at radius 2 is 2.18 bits per heavy atom. The number of nitrogens with one attached hydrogen (secondary N) is 1. The van der Waals surface area contributed by atoms with Crippen LogP contribution in [0, 0.1) is 0 Å². The minimum Gasteiger partial charge on any atom is -0.350 e. The van der Waals surface area contributed by atoms with Crippen LogP contribution in [-0.2, 0) is 11.3 Å². The molecule has 0 radical (unpaired) electrons. The maximum absolute atomic E-state index is 11.9. The van der Waals surface area contributed by atoms with Crippen molar-refractivity contribution in [2.75, 3.05) is 0 Å². The van der Waals surface area contributed by atoms with E-state index < -0.39 is 0 Å². The molecule has 0 aromatic carbocycles. The average Bonchev–Trinajstić information content (AvgIpc) is 2.65. The van der Waals surface area contributed by atoms with Crippen molar-refractivity contribution in [3.8, 4) is 0 Å². The van der Waals surface area contributed by atoms with Crippen molar-refractivity contribution in [2.45, 2.75) is 59.0 Å². The van der Waals surface area contributed by atoms with Gasteiger partial charge in [0.1, 0.15) is 12.4 Å². The van der Waals surface area contributed by atoms with Gasteiger partial charge in [-0.2, -0.15) is 0 Å². The van der Waals surface area contributed by atoms with Crippen LogP contribution < -0.4 is 5.32 Å². The molecule has 0 aliphatic carbocycles. The minimum absolute atomic E-state index is 0.0387. The molecule has 4 heteroatoms. The van der Waals surface area contributed by atoms with Crippen LogP contribution in [0.25, 0.3) is 0 Å². The summed E-state index contributed by atoms with van der Waals surface area (Å²) in [6.07, 6.45) is 4.52. The molecular weight excluding hydrogens is 214 g/mol. The van der Waals surface area contributed by atoms with Gasteiger partial charge in [-0.25, -0.2) is 4.98 Å². The van der Waals surface area contributed by atoms with Crippen LogP contribution in [0.5, 0.6) is 0 Å². The number of carbonyl (C=O) groups excluding carboxylic acids is 1. The summed E-state index contributed by atoms with van der Waals surface area (Å²) in [6, 6.07) is 0. The van der Waals surface area contributed by atoms with Gasteiger partial charge in [0.05, 0.1) is 0 Å². The fraction of sp³-hybridized carbons (Fsp3) is 0.692. The molecule has 0 saturated heterocycles. The van der Waals surface area contributed by atoms with Gasteiger partial charge in [0.2, 0.25) is 5.91 Å². The lowest BCUT2D eigenvalue weighted by molar-refractivity contribution is -0.123. The monoisotopic (exact) mass is 237 g/mol. The summed E-state index contributed by atoms with van der Waals surface area (Å²) in [5.74, 6) is 1.32. The van der Waals surface area contributed by atoms with E-state index in [2.05, 4.69) is 31.1 Å². The summed E-state index contributed by atoms with van der Waals surface area (Å²) in [7, 11) is 0. The Balaban J connectivity index is 2.65. The van der Waals surface area contributed by atoms with E-state index in [-0.39, 0.29) is 11.4 Å². The molecule has 1 amide bonds. The van der Waals surface area contributed by atoms with E-state index in [1.807, 2.05) is 24.6 Å². The number of aromatic nitrogens is 2. The van der Waals surface area contributed by atoms with E-state index in [0.717, 1.165) is 12.2 Å². The Morgan fingerprint density at radius 1 is 1.53 bits per heavy atom. The number of hydrogen-bond acceptors (Lipinski definition) is 2. The summed E-state index contributed by atoms with van der Waals surface area (Å²) >= 11 is 0. The van der Waals surface area contributed by atoms with Crippen molar-refractivity contribution in [3.63, 3.8) is 0 Å². The molecule has 1 rings (SSSR count). The molecule has 1 N–H and O–H groups in total. The summed E-state index contributed by atoms with van der Waals surface area (Å²) in [4.78, 5) is 16.2. The second kappa shape index (κ2) is 5.34. The SMILES string of the molecule is CCC(C)(C)NC(=O)Cn1ccnc1C(C)C. The lowest BCUT2D eigenvalue weighted by atomic mass is 10.0. The van der Waals surface area contributed by atoms with Crippen molar-refractivity contribution >= 4 is 5.91 Å². The highest BCUT2D eigenvalue weighted by molar-refractivity contribution is 5.76. The summed E-state index contributed by atoms with van der Waals surface area (Å²) in [6.45, 7) is 10.6. The van der Waals surface area contributed by atoms with Crippen LogP contribution in [0.4, 0.5) is 0 Å². The molecular formula is C13H23N3O. The van der Waals surface area contributed by atoms with Gasteiger partial charge in [-0.05, 0) is 20.3 Å². The summed E-state index contributed by atoms with van der Waals surface area (Å²) in [5, 5.41) is 3.02. The molecule has 1 heterocycles. The first-order chi connectivity index (χ1) is 7.85. The second-order valence-corrected chi connectivity index (χ2v) is 5.35. The lowest BCUT2D eigenvalue weighted by Gasteiger charge is -2.24. The first-order valence-corrected chi connectivity index (χ1v) is 6.17. The second-order valence-electron chi connectivity index (χ2n) is 5.35. The van der Waals surface area contributed by atoms with E-state index in [9.17, 15) is 4.79 Å². The molecule has 1 aromatic rings. The van der Waals surface area contributed by atoms with Gasteiger partial charge in [-0.15, -0.1) is 0 Å². The van der Waals surface area contributed by atoms with Crippen LogP contribution in [0.1, 0.15) is 52.8 Å². The highest BCUT2D eigenvalue weighted by Gasteiger charge is 2.18. The van der Waals surface area contributed by atoms with Gasteiger partial charge < -0.3 is 9.88 Å². The van der Waals surface area contributed by atoms with Crippen LogP contribution in [0.3, 0.4) is 0 Å². The maximum atomic E-state index is 11.9. The molecule has 0 saturated carbocycles. The minimum atomic E-state index is -0.143. The third kappa shape index (κ3) is 3.88. The molecule has 0 unspecified atom stereocenters. The molecule has 4 nitrogen and oxygen atoms in total. The molecule has 0 aliphatic heterocycles. The molecule has 0 aliphatic rings. The quantitative estimate of drug-likeness (QED) is 0.854. The van der Waals surface area contributed by atoms with Crippen molar-refractivity contribution < 1.29 is 4.79 Å². The van der Waals surface area contributed by atoms with Crippen molar-refractivity contribution in [2.24, 2.45) is 0 Å². The zero-order valence-electron chi connectivity index (χ0n) is 11.4. The summed E-state index contributed by atoms with van der Waals surface area (Å²) < 4.78 is 1.91. The number of imidazole rings is 1. The van der Waals surface area contributed by atoms with Crippen LogP contribution in [0.15, 0.2) is 12.4 Å². The largest absolute Gasteiger partial charge is 0.350 e. The maximum Gasteiger partial charge on any atom is 0.240 e. The third-order valence-electron chi connectivity index (χ3n) is 2.94. The van der Waals surface area contributed by atoms with Gasteiger partial charge in [0, 0.05) is 23.9 Å². The third-order valence-corrected chi connectivity index (χ3v) is 2.94. The van der Waals surface area contributed by atoms with Crippen molar-refractivity contribution in [3.05, 3.63) is 18.2 Å². The zero-order valence-corrected chi connectivity index (χ0v) is 11.4. The predicted molar refractivity (Wildman–Crippen MR) is 68.8 cm³/mol. The number of hydrogen-bond donors (Lipinski definition) is 1.